The molecule has 0 unspecified atom stereocenters. The summed E-state index contributed by atoms with van der Waals surface area (Å²) in [6.07, 6.45) is 6.25. The van der Waals surface area contributed by atoms with Crippen molar-refractivity contribution in [2.45, 2.75) is 51.0 Å². The lowest BCUT2D eigenvalue weighted by atomic mass is 9.82. The van der Waals surface area contributed by atoms with Gasteiger partial charge in [0.2, 0.25) is 5.91 Å². The maximum absolute atomic E-state index is 11.7. The number of aliphatic hydroxyl groups is 1. The van der Waals surface area contributed by atoms with Crippen LogP contribution in [0, 0.1) is 0 Å². The molecule has 0 bridgehead atoms. The molecule has 16 heavy (non-hydrogen) atoms. The van der Waals surface area contributed by atoms with Gasteiger partial charge in [-0.1, -0.05) is 26.2 Å². The number of aliphatic hydroxyl groups excluding tert-OH is 1. The first-order valence-electron chi connectivity index (χ1n) is 6.35. The van der Waals surface area contributed by atoms with E-state index in [4.69, 9.17) is 0 Å². The van der Waals surface area contributed by atoms with Crippen LogP contribution in [0.4, 0.5) is 0 Å². The number of hydrogen-bond acceptors (Lipinski definition) is 3. The maximum atomic E-state index is 11.7. The molecule has 1 aliphatic carbocycles. The van der Waals surface area contributed by atoms with E-state index in [1.54, 1.807) is 0 Å². The Balaban J connectivity index is 2.33. The quantitative estimate of drug-likeness (QED) is 0.589. The van der Waals surface area contributed by atoms with Gasteiger partial charge in [-0.25, -0.2) is 0 Å². The molecule has 4 nitrogen and oxygen atoms in total. The van der Waals surface area contributed by atoms with Crippen molar-refractivity contribution in [2.24, 2.45) is 0 Å². The summed E-state index contributed by atoms with van der Waals surface area (Å²) in [4.78, 5) is 11.7. The van der Waals surface area contributed by atoms with Gasteiger partial charge in [0.25, 0.3) is 0 Å². The molecule has 0 radical (unpaired) electrons. The van der Waals surface area contributed by atoms with Crippen LogP contribution in [0.2, 0.25) is 0 Å². The molecule has 0 spiro atoms. The smallest absolute Gasteiger partial charge is 0.234 e. The molecule has 3 N–H and O–H groups in total. The molecule has 0 heterocycles. The van der Waals surface area contributed by atoms with E-state index >= 15 is 0 Å². The van der Waals surface area contributed by atoms with E-state index < -0.39 is 0 Å². The summed E-state index contributed by atoms with van der Waals surface area (Å²) < 4.78 is 0. The molecule has 1 saturated carbocycles. The first kappa shape index (κ1) is 13.5. The van der Waals surface area contributed by atoms with Gasteiger partial charge in [0, 0.05) is 0 Å². The third-order valence-electron chi connectivity index (χ3n) is 3.23. The van der Waals surface area contributed by atoms with E-state index in [9.17, 15) is 9.90 Å². The Morgan fingerprint density at radius 3 is 2.56 bits per heavy atom. The predicted molar refractivity (Wildman–Crippen MR) is 64.2 cm³/mol. The van der Waals surface area contributed by atoms with Crippen LogP contribution in [-0.2, 0) is 4.79 Å². The van der Waals surface area contributed by atoms with Gasteiger partial charge in [0.1, 0.15) is 0 Å². The lowest BCUT2D eigenvalue weighted by Crippen LogP contribution is -2.54. The summed E-state index contributed by atoms with van der Waals surface area (Å²) in [6.45, 7) is 3.35. The van der Waals surface area contributed by atoms with E-state index in [1.165, 1.54) is 6.42 Å². The van der Waals surface area contributed by atoms with Crippen LogP contribution in [0.25, 0.3) is 0 Å². The number of amides is 1. The zero-order valence-electron chi connectivity index (χ0n) is 10.2. The minimum absolute atomic E-state index is 0.00407. The van der Waals surface area contributed by atoms with Crippen molar-refractivity contribution in [3.8, 4) is 0 Å². The molecule has 0 aliphatic heterocycles. The SMILES string of the molecule is CCCNCC(=O)NC1(CO)CCCCC1. The molecule has 1 rings (SSSR count). The Labute approximate surface area is 97.8 Å². The average molecular weight is 228 g/mol. The van der Waals surface area contributed by atoms with E-state index in [-0.39, 0.29) is 18.1 Å². The van der Waals surface area contributed by atoms with E-state index in [1.807, 2.05) is 0 Å². The third-order valence-corrected chi connectivity index (χ3v) is 3.23. The van der Waals surface area contributed by atoms with Gasteiger partial charge in [-0.15, -0.1) is 0 Å². The lowest BCUT2D eigenvalue weighted by molar-refractivity contribution is -0.123. The molecule has 0 atom stereocenters. The molecule has 0 aromatic carbocycles. The summed E-state index contributed by atoms with van der Waals surface area (Å²) in [5.74, 6) is 0.00407. The number of nitrogens with one attached hydrogen (secondary N) is 2. The summed E-state index contributed by atoms with van der Waals surface area (Å²) in [5, 5.41) is 15.5. The summed E-state index contributed by atoms with van der Waals surface area (Å²) in [6, 6.07) is 0. The van der Waals surface area contributed by atoms with E-state index in [0.717, 1.165) is 38.6 Å². The fourth-order valence-corrected chi connectivity index (χ4v) is 2.27. The van der Waals surface area contributed by atoms with Crippen LogP contribution in [0.15, 0.2) is 0 Å². The fourth-order valence-electron chi connectivity index (χ4n) is 2.27. The minimum atomic E-state index is -0.344. The van der Waals surface area contributed by atoms with Gasteiger partial charge in [0.05, 0.1) is 18.7 Å². The highest BCUT2D eigenvalue weighted by Crippen LogP contribution is 2.27. The van der Waals surface area contributed by atoms with Crippen molar-refractivity contribution in [2.75, 3.05) is 19.7 Å². The lowest BCUT2D eigenvalue weighted by Gasteiger charge is -2.36. The van der Waals surface area contributed by atoms with Gasteiger partial charge in [-0.2, -0.15) is 0 Å². The Morgan fingerprint density at radius 2 is 2.00 bits per heavy atom. The standard InChI is InChI=1S/C12H24N2O2/c1-2-8-13-9-11(16)14-12(10-15)6-4-3-5-7-12/h13,15H,2-10H2,1H3,(H,14,16). The Morgan fingerprint density at radius 1 is 1.31 bits per heavy atom. The second kappa shape index (κ2) is 6.86. The van der Waals surface area contributed by atoms with Crippen LogP contribution < -0.4 is 10.6 Å². The Hall–Kier alpha value is -0.610. The van der Waals surface area contributed by atoms with Gasteiger partial charge < -0.3 is 15.7 Å². The largest absolute Gasteiger partial charge is 0.394 e. The Bertz CT molecular complexity index is 213. The van der Waals surface area contributed by atoms with Crippen molar-refractivity contribution < 1.29 is 9.90 Å². The second-order valence-corrected chi connectivity index (χ2v) is 4.72. The molecular weight excluding hydrogens is 204 g/mol. The van der Waals surface area contributed by atoms with Crippen LogP contribution in [0.1, 0.15) is 45.4 Å². The maximum Gasteiger partial charge on any atom is 0.234 e. The van der Waals surface area contributed by atoms with Crippen LogP contribution in [0.5, 0.6) is 0 Å². The van der Waals surface area contributed by atoms with E-state index in [2.05, 4.69) is 17.6 Å². The molecule has 4 heteroatoms. The number of carbonyl (C=O) groups excluding carboxylic acids is 1. The molecule has 94 valence electrons. The second-order valence-electron chi connectivity index (χ2n) is 4.72. The first-order chi connectivity index (χ1) is 7.72. The molecule has 1 amide bonds. The Kier molecular flexibility index (Phi) is 5.77. The molecule has 0 aromatic rings. The zero-order valence-corrected chi connectivity index (χ0v) is 10.2. The number of hydrogen-bond donors (Lipinski definition) is 3. The zero-order chi connectivity index (χ0) is 11.9. The highest BCUT2D eigenvalue weighted by Gasteiger charge is 2.32. The van der Waals surface area contributed by atoms with Crippen LogP contribution in [0.3, 0.4) is 0 Å². The van der Waals surface area contributed by atoms with Crippen molar-refractivity contribution in [3.63, 3.8) is 0 Å². The molecule has 1 aliphatic rings. The molecule has 0 aromatic heterocycles. The highest BCUT2D eigenvalue weighted by molar-refractivity contribution is 5.78. The molecular formula is C12H24N2O2. The van der Waals surface area contributed by atoms with Crippen LogP contribution in [-0.4, -0.2) is 36.2 Å². The minimum Gasteiger partial charge on any atom is -0.394 e. The van der Waals surface area contributed by atoms with Crippen molar-refractivity contribution in [1.82, 2.24) is 10.6 Å². The van der Waals surface area contributed by atoms with Crippen molar-refractivity contribution in [3.05, 3.63) is 0 Å². The number of rotatable bonds is 6. The topological polar surface area (TPSA) is 61.4 Å². The van der Waals surface area contributed by atoms with E-state index in [0.29, 0.717) is 6.54 Å². The van der Waals surface area contributed by atoms with Gasteiger partial charge in [-0.05, 0) is 25.8 Å². The summed E-state index contributed by atoms with van der Waals surface area (Å²) in [7, 11) is 0. The van der Waals surface area contributed by atoms with Crippen molar-refractivity contribution in [1.29, 1.82) is 0 Å². The fraction of sp³-hybridized carbons (Fsp3) is 0.917. The summed E-state index contributed by atoms with van der Waals surface area (Å²) in [5.41, 5.74) is -0.344. The van der Waals surface area contributed by atoms with Gasteiger partial charge in [-0.3, -0.25) is 4.79 Å². The predicted octanol–water partition coefficient (Wildman–Crippen LogP) is 0.797. The number of carbonyl (C=O) groups is 1. The van der Waals surface area contributed by atoms with Gasteiger partial charge >= 0.3 is 0 Å². The van der Waals surface area contributed by atoms with Crippen molar-refractivity contribution >= 4 is 5.91 Å². The summed E-state index contributed by atoms with van der Waals surface area (Å²) >= 11 is 0. The average Bonchev–Trinajstić information content (AvgIpc) is 2.30. The third kappa shape index (κ3) is 4.10. The van der Waals surface area contributed by atoms with Crippen LogP contribution >= 0.6 is 0 Å². The van der Waals surface area contributed by atoms with Gasteiger partial charge in [0.15, 0.2) is 0 Å². The monoisotopic (exact) mass is 228 g/mol. The normalized spacial score (nSPS) is 19.4. The highest BCUT2D eigenvalue weighted by atomic mass is 16.3. The first-order valence-corrected chi connectivity index (χ1v) is 6.35. The molecule has 1 fully saturated rings. The molecule has 0 saturated heterocycles.